The van der Waals surface area contributed by atoms with E-state index in [9.17, 15) is 9.90 Å². The van der Waals surface area contributed by atoms with Crippen LogP contribution in [0.4, 0.5) is 5.69 Å². The standard InChI is InChI=1S/C12H11N5O4/c13-5-8(11(14)15)17-16-7-4-10-9(20-1-2-21-10)3-6(7)12(18)19/h3-4,16H,1-2H2,(H3,14,15)(H,18,19)/b17-8+. The van der Waals surface area contributed by atoms with Crippen molar-refractivity contribution < 1.29 is 19.4 Å². The third-order valence-electron chi connectivity index (χ3n) is 2.56. The molecule has 0 spiro atoms. The number of hydrogen-bond acceptors (Lipinski definition) is 7. The van der Waals surface area contributed by atoms with Crippen molar-refractivity contribution >= 4 is 23.2 Å². The highest BCUT2D eigenvalue weighted by Gasteiger charge is 2.19. The number of carboxylic acid groups (broad SMARTS) is 1. The number of nitrogens with two attached hydrogens (primary N) is 1. The van der Waals surface area contributed by atoms with E-state index in [1.807, 2.05) is 0 Å². The van der Waals surface area contributed by atoms with Crippen molar-refractivity contribution in [2.24, 2.45) is 10.8 Å². The van der Waals surface area contributed by atoms with Gasteiger partial charge in [-0.05, 0) is 0 Å². The summed E-state index contributed by atoms with van der Waals surface area (Å²) in [6.07, 6.45) is 0. The Morgan fingerprint density at radius 2 is 2.05 bits per heavy atom. The van der Waals surface area contributed by atoms with Crippen LogP contribution in [0.2, 0.25) is 0 Å². The first-order valence-electron chi connectivity index (χ1n) is 5.78. The molecule has 2 rings (SSSR count). The number of nitriles is 1. The SMILES string of the molecule is N#C/C(=N\Nc1cc2c(cc1C(=O)O)OCCO2)C(=N)N. The molecule has 0 saturated carbocycles. The van der Waals surface area contributed by atoms with Crippen LogP contribution in [0, 0.1) is 16.7 Å². The number of hydrazone groups is 1. The smallest absolute Gasteiger partial charge is 0.338 e. The van der Waals surface area contributed by atoms with Gasteiger partial charge < -0.3 is 20.3 Å². The van der Waals surface area contributed by atoms with E-state index < -0.39 is 11.8 Å². The Morgan fingerprint density at radius 3 is 2.57 bits per heavy atom. The Hall–Kier alpha value is -3.28. The summed E-state index contributed by atoms with van der Waals surface area (Å²) >= 11 is 0. The second-order valence-corrected chi connectivity index (χ2v) is 3.94. The Kier molecular flexibility index (Phi) is 3.90. The first-order chi connectivity index (χ1) is 10.0. The zero-order valence-corrected chi connectivity index (χ0v) is 10.7. The predicted molar refractivity (Wildman–Crippen MR) is 73.0 cm³/mol. The monoisotopic (exact) mass is 289 g/mol. The van der Waals surface area contributed by atoms with Gasteiger partial charge >= 0.3 is 5.97 Å². The highest BCUT2D eigenvalue weighted by Crippen LogP contribution is 2.35. The second kappa shape index (κ2) is 5.79. The van der Waals surface area contributed by atoms with Gasteiger partial charge in [0.2, 0.25) is 5.71 Å². The minimum Gasteiger partial charge on any atom is -0.486 e. The predicted octanol–water partition coefficient (Wildman–Crippen LogP) is 0.383. The third-order valence-corrected chi connectivity index (χ3v) is 2.56. The lowest BCUT2D eigenvalue weighted by atomic mass is 10.1. The van der Waals surface area contributed by atoms with E-state index in [4.69, 9.17) is 25.9 Å². The van der Waals surface area contributed by atoms with E-state index in [0.717, 1.165) is 0 Å². The van der Waals surface area contributed by atoms with Gasteiger partial charge in [-0.2, -0.15) is 10.4 Å². The Labute approximate surface area is 119 Å². The summed E-state index contributed by atoms with van der Waals surface area (Å²) < 4.78 is 10.6. The van der Waals surface area contributed by atoms with Gasteiger partial charge in [0.25, 0.3) is 0 Å². The van der Waals surface area contributed by atoms with Crippen molar-refractivity contribution in [1.29, 1.82) is 10.7 Å². The van der Waals surface area contributed by atoms with Crippen LogP contribution < -0.4 is 20.6 Å². The van der Waals surface area contributed by atoms with Crippen molar-refractivity contribution in [3.8, 4) is 17.6 Å². The molecule has 1 heterocycles. The second-order valence-electron chi connectivity index (χ2n) is 3.94. The molecule has 0 bridgehead atoms. The van der Waals surface area contributed by atoms with E-state index in [-0.39, 0.29) is 17.0 Å². The number of rotatable bonds is 4. The fourth-order valence-electron chi connectivity index (χ4n) is 1.62. The molecule has 0 unspecified atom stereocenters. The molecule has 0 fully saturated rings. The first kappa shape index (κ1) is 14.1. The molecule has 1 aliphatic heterocycles. The molecule has 1 aromatic carbocycles. The lowest BCUT2D eigenvalue weighted by Crippen LogP contribution is -2.22. The maximum absolute atomic E-state index is 11.2. The largest absolute Gasteiger partial charge is 0.486 e. The molecule has 9 heteroatoms. The van der Waals surface area contributed by atoms with Crippen molar-refractivity contribution in [3.05, 3.63) is 17.7 Å². The third kappa shape index (κ3) is 3.01. The first-order valence-corrected chi connectivity index (χ1v) is 5.78. The molecule has 0 saturated heterocycles. The van der Waals surface area contributed by atoms with Crippen LogP contribution in [0.1, 0.15) is 10.4 Å². The lowest BCUT2D eigenvalue weighted by Gasteiger charge is -2.20. The van der Waals surface area contributed by atoms with Crippen molar-refractivity contribution in [3.63, 3.8) is 0 Å². The van der Waals surface area contributed by atoms with Crippen molar-refractivity contribution in [2.45, 2.75) is 0 Å². The Balaban J connectivity index is 2.40. The fraction of sp³-hybridized carbons (Fsp3) is 0.167. The fourth-order valence-corrected chi connectivity index (χ4v) is 1.62. The van der Waals surface area contributed by atoms with Crippen LogP contribution in [0.3, 0.4) is 0 Å². The van der Waals surface area contributed by atoms with E-state index in [1.54, 1.807) is 6.07 Å². The van der Waals surface area contributed by atoms with Gasteiger partial charge in [-0.15, -0.1) is 0 Å². The topological polar surface area (TPSA) is 154 Å². The number of ether oxygens (including phenoxy) is 2. The normalized spacial score (nSPS) is 13.2. The average Bonchev–Trinajstić information content (AvgIpc) is 2.46. The molecule has 0 aliphatic carbocycles. The molecule has 1 aromatic rings. The molecule has 0 aromatic heterocycles. The van der Waals surface area contributed by atoms with E-state index in [2.05, 4.69) is 10.5 Å². The molecule has 108 valence electrons. The summed E-state index contributed by atoms with van der Waals surface area (Å²) in [6.45, 7) is 0.679. The number of benzene rings is 1. The minimum absolute atomic E-state index is 0.0979. The zero-order valence-electron chi connectivity index (χ0n) is 10.7. The molecular formula is C12H11N5O4. The number of carbonyl (C=O) groups is 1. The number of fused-ring (bicyclic) bond motifs is 1. The van der Waals surface area contributed by atoms with Gasteiger partial charge in [-0.25, -0.2) is 4.79 Å². The summed E-state index contributed by atoms with van der Waals surface area (Å²) in [5.41, 5.74) is 7.18. The van der Waals surface area contributed by atoms with Crippen LogP contribution in [0.25, 0.3) is 0 Å². The molecule has 21 heavy (non-hydrogen) atoms. The molecule has 0 atom stereocenters. The van der Waals surface area contributed by atoms with Crippen LogP contribution in [-0.4, -0.2) is 35.8 Å². The quantitative estimate of drug-likeness (QED) is 0.355. The summed E-state index contributed by atoms with van der Waals surface area (Å²) in [7, 11) is 0. The Bertz CT molecular complexity index is 677. The van der Waals surface area contributed by atoms with Crippen molar-refractivity contribution in [1.82, 2.24) is 0 Å². The van der Waals surface area contributed by atoms with Crippen LogP contribution in [0.15, 0.2) is 17.2 Å². The van der Waals surface area contributed by atoms with Gasteiger partial charge in [-0.3, -0.25) is 10.8 Å². The van der Waals surface area contributed by atoms with Gasteiger partial charge in [0.1, 0.15) is 19.3 Å². The van der Waals surface area contributed by atoms with Crippen LogP contribution in [-0.2, 0) is 0 Å². The number of amidine groups is 1. The van der Waals surface area contributed by atoms with E-state index in [1.165, 1.54) is 12.1 Å². The number of hydrogen-bond donors (Lipinski definition) is 4. The molecule has 9 nitrogen and oxygen atoms in total. The molecule has 1 aliphatic rings. The number of nitrogens with one attached hydrogen (secondary N) is 2. The molecule has 0 amide bonds. The number of anilines is 1. The Morgan fingerprint density at radius 1 is 1.43 bits per heavy atom. The number of aromatic carboxylic acids is 1. The molecule has 0 radical (unpaired) electrons. The highest BCUT2D eigenvalue weighted by atomic mass is 16.6. The van der Waals surface area contributed by atoms with Gasteiger partial charge in [0, 0.05) is 12.1 Å². The maximum atomic E-state index is 11.2. The van der Waals surface area contributed by atoms with Crippen LogP contribution >= 0.6 is 0 Å². The maximum Gasteiger partial charge on any atom is 0.338 e. The van der Waals surface area contributed by atoms with Crippen molar-refractivity contribution in [2.75, 3.05) is 18.6 Å². The summed E-state index contributed by atoms with van der Waals surface area (Å²) in [5.74, 6) is -1.05. The lowest BCUT2D eigenvalue weighted by molar-refractivity contribution is 0.0697. The van der Waals surface area contributed by atoms with E-state index >= 15 is 0 Å². The van der Waals surface area contributed by atoms with Gasteiger partial charge in [0.15, 0.2) is 17.3 Å². The van der Waals surface area contributed by atoms with Crippen LogP contribution in [0.5, 0.6) is 11.5 Å². The number of carboxylic acids is 1. The highest BCUT2D eigenvalue weighted by molar-refractivity contribution is 6.45. The molecule has 5 N–H and O–H groups in total. The summed E-state index contributed by atoms with van der Waals surface area (Å²) in [6, 6.07) is 4.32. The average molecular weight is 289 g/mol. The van der Waals surface area contributed by atoms with Gasteiger partial charge in [0.05, 0.1) is 11.3 Å². The van der Waals surface area contributed by atoms with E-state index in [0.29, 0.717) is 24.7 Å². The molecular weight excluding hydrogens is 278 g/mol. The van der Waals surface area contributed by atoms with Gasteiger partial charge in [-0.1, -0.05) is 0 Å². The zero-order chi connectivity index (χ0) is 15.4. The number of nitrogens with zero attached hydrogens (tertiary/aromatic N) is 2. The summed E-state index contributed by atoms with van der Waals surface area (Å²) in [4.78, 5) is 11.2. The minimum atomic E-state index is -1.20. The summed E-state index contributed by atoms with van der Waals surface area (Å²) in [5, 5.41) is 28.7.